The first-order valence-corrected chi connectivity index (χ1v) is 9.02. The van der Waals surface area contributed by atoms with Crippen LogP contribution < -0.4 is 4.74 Å². The van der Waals surface area contributed by atoms with Gasteiger partial charge < -0.3 is 4.74 Å². The van der Waals surface area contributed by atoms with Crippen molar-refractivity contribution in [3.05, 3.63) is 36.0 Å². The van der Waals surface area contributed by atoms with Crippen LogP contribution in [0.3, 0.4) is 0 Å². The molecule has 3 aromatic rings. The van der Waals surface area contributed by atoms with Gasteiger partial charge >= 0.3 is 0 Å². The smallest absolute Gasteiger partial charge is 0.188 e. The van der Waals surface area contributed by atoms with Gasteiger partial charge in [-0.3, -0.25) is 4.40 Å². The van der Waals surface area contributed by atoms with E-state index in [0.717, 1.165) is 21.9 Å². The zero-order valence-electron chi connectivity index (χ0n) is 14.0. The summed E-state index contributed by atoms with van der Waals surface area (Å²) in [5.74, 6) is 2.10. The molecule has 6 nitrogen and oxygen atoms in total. The molecule has 0 atom stereocenters. The number of rotatable bonds is 5. The summed E-state index contributed by atoms with van der Waals surface area (Å²) in [6.07, 6.45) is 6.71. The van der Waals surface area contributed by atoms with Crippen LogP contribution in [0.1, 0.15) is 20.8 Å². The molecule has 128 valence electrons. The molecular weight excluding hydrogens is 358 g/mol. The molecule has 3 heterocycles. The van der Waals surface area contributed by atoms with Crippen molar-refractivity contribution in [2.45, 2.75) is 31.3 Å². The van der Waals surface area contributed by atoms with Gasteiger partial charge in [-0.25, -0.2) is 15.0 Å². The molecule has 0 amide bonds. The van der Waals surface area contributed by atoms with Crippen molar-refractivity contribution in [2.24, 2.45) is 0 Å². The van der Waals surface area contributed by atoms with E-state index >= 15 is 0 Å². The van der Waals surface area contributed by atoms with Crippen molar-refractivity contribution < 1.29 is 4.74 Å². The Morgan fingerprint density at radius 2 is 2.12 bits per heavy atom. The van der Waals surface area contributed by atoms with Gasteiger partial charge in [-0.05, 0) is 25.7 Å². The van der Waals surface area contributed by atoms with E-state index in [1.165, 1.54) is 0 Å². The van der Waals surface area contributed by atoms with Gasteiger partial charge in [-0.2, -0.15) is 5.26 Å². The van der Waals surface area contributed by atoms with Gasteiger partial charge in [0.2, 0.25) is 0 Å². The summed E-state index contributed by atoms with van der Waals surface area (Å²) in [6.45, 7) is 5.49. The Morgan fingerprint density at radius 3 is 2.84 bits per heavy atom. The predicted molar refractivity (Wildman–Crippen MR) is 97.9 cm³/mol. The van der Waals surface area contributed by atoms with E-state index in [9.17, 15) is 0 Å². The summed E-state index contributed by atoms with van der Waals surface area (Å²) in [5.41, 5.74) is 0.534. The lowest BCUT2D eigenvalue weighted by Gasteiger charge is -2.19. The maximum Gasteiger partial charge on any atom is 0.188 e. The Kier molecular flexibility index (Phi) is 4.84. The van der Waals surface area contributed by atoms with Crippen molar-refractivity contribution in [3.8, 4) is 23.3 Å². The molecule has 0 radical (unpaired) electrons. The summed E-state index contributed by atoms with van der Waals surface area (Å²) in [5, 5.41) is 9.54. The predicted octanol–water partition coefficient (Wildman–Crippen LogP) is 4.24. The number of ether oxygens (including phenoxy) is 1. The van der Waals surface area contributed by atoms with E-state index in [0.29, 0.717) is 16.7 Å². The minimum Gasteiger partial charge on any atom is -0.471 e. The molecule has 0 saturated carbocycles. The number of pyridine rings is 1. The molecule has 0 saturated heterocycles. The van der Waals surface area contributed by atoms with Crippen molar-refractivity contribution in [1.82, 2.24) is 19.4 Å². The van der Waals surface area contributed by atoms with Crippen LogP contribution in [-0.2, 0) is 0 Å². The van der Waals surface area contributed by atoms with Crippen LogP contribution >= 0.6 is 23.4 Å². The summed E-state index contributed by atoms with van der Waals surface area (Å²) in [7, 11) is 0. The summed E-state index contributed by atoms with van der Waals surface area (Å²) in [6, 6.07) is 4.01. The van der Waals surface area contributed by atoms with Crippen molar-refractivity contribution in [3.63, 3.8) is 0 Å². The Hall–Kier alpha value is -2.30. The van der Waals surface area contributed by atoms with E-state index in [-0.39, 0.29) is 0 Å². The maximum atomic E-state index is 9.14. The monoisotopic (exact) mass is 373 g/mol. The zero-order valence-corrected chi connectivity index (χ0v) is 15.6. The number of imidazole rings is 1. The molecule has 3 aromatic heterocycles. The molecule has 0 fully saturated rings. The van der Waals surface area contributed by atoms with E-state index in [4.69, 9.17) is 21.6 Å². The normalized spacial score (nSPS) is 11.5. The van der Waals surface area contributed by atoms with Crippen LogP contribution in [0.5, 0.6) is 5.75 Å². The molecular formula is C17H16ClN5OS. The molecule has 0 aliphatic rings. The number of thioether (sulfide) groups is 1. The molecule has 8 heteroatoms. The molecule has 25 heavy (non-hydrogen) atoms. The van der Waals surface area contributed by atoms with Crippen LogP contribution in [0.25, 0.3) is 17.0 Å². The highest BCUT2D eigenvalue weighted by molar-refractivity contribution is 7.99. The lowest BCUT2D eigenvalue weighted by atomic mass is 10.2. The van der Waals surface area contributed by atoms with Crippen LogP contribution in [0.15, 0.2) is 35.7 Å². The SMILES string of the molecule is CCSc1cc(OC(C)(C)C#N)cnc1-c1ncc2c(Cl)nccn12. The minimum atomic E-state index is -0.920. The highest BCUT2D eigenvalue weighted by Crippen LogP contribution is 2.33. The third-order valence-corrected chi connectivity index (χ3v) is 4.60. The molecule has 0 aliphatic heterocycles. The average Bonchev–Trinajstić information content (AvgIpc) is 3.00. The van der Waals surface area contributed by atoms with Gasteiger partial charge in [0.25, 0.3) is 0 Å². The Morgan fingerprint density at radius 1 is 1.32 bits per heavy atom. The van der Waals surface area contributed by atoms with E-state index < -0.39 is 5.60 Å². The van der Waals surface area contributed by atoms with Crippen molar-refractivity contribution >= 4 is 28.9 Å². The fraction of sp³-hybridized carbons (Fsp3) is 0.294. The second-order valence-electron chi connectivity index (χ2n) is 5.73. The minimum absolute atomic E-state index is 0.390. The first-order valence-electron chi connectivity index (χ1n) is 7.66. The van der Waals surface area contributed by atoms with Gasteiger partial charge in [0.05, 0.1) is 12.4 Å². The van der Waals surface area contributed by atoms with Crippen molar-refractivity contribution in [1.29, 1.82) is 5.26 Å². The second kappa shape index (κ2) is 6.90. The molecule has 0 spiro atoms. The number of hydrogen-bond acceptors (Lipinski definition) is 6. The number of halogens is 1. The van der Waals surface area contributed by atoms with Crippen LogP contribution in [-0.4, -0.2) is 30.7 Å². The summed E-state index contributed by atoms with van der Waals surface area (Å²) in [4.78, 5) is 14.0. The van der Waals surface area contributed by atoms with Gasteiger partial charge in [-0.1, -0.05) is 18.5 Å². The van der Waals surface area contributed by atoms with Crippen LogP contribution in [0.4, 0.5) is 0 Å². The zero-order chi connectivity index (χ0) is 18.0. The molecule has 0 bridgehead atoms. The number of aromatic nitrogens is 4. The highest BCUT2D eigenvalue weighted by Gasteiger charge is 2.21. The fourth-order valence-electron chi connectivity index (χ4n) is 2.30. The molecule has 0 unspecified atom stereocenters. The first-order chi connectivity index (χ1) is 11.9. The van der Waals surface area contributed by atoms with E-state index in [2.05, 4.69) is 27.9 Å². The third-order valence-electron chi connectivity index (χ3n) is 3.39. The Bertz CT molecular complexity index is 963. The average molecular weight is 374 g/mol. The first kappa shape index (κ1) is 17.5. The van der Waals surface area contributed by atoms with Gasteiger partial charge in [0.15, 0.2) is 16.6 Å². The largest absolute Gasteiger partial charge is 0.471 e. The third kappa shape index (κ3) is 3.55. The standard InChI is InChI=1S/C17H16ClN5OS/c1-4-25-13-7-11(24-17(2,3)10-19)8-21-14(13)16-22-9-12-15(18)20-5-6-23(12)16/h5-9H,4H2,1-3H3. The lowest BCUT2D eigenvalue weighted by Crippen LogP contribution is -2.25. The quantitative estimate of drug-likeness (QED) is 0.622. The topological polar surface area (TPSA) is 76.1 Å². The van der Waals surface area contributed by atoms with Gasteiger partial charge in [-0.15, -0.1) is 11.8 Å². The van der Waals surface area contributed by atoms with E-state index in [1.807, 2.05) is 10.5 Å². The Balaban J connectivity index is 2.09. The summed E-state index contributed by atoms with van der Waals surface area (Å²) >= 11 is 7.76. The van der Waals surface area contributed by atoms with Gasteiger partial charge in [0.1, 0.15) is 23.0 Å². The fourth-order valence-corrected chi connectivity index (χ4v) is 3.29. The summed E-state index contributed by atoms with van der Waals surface area (Å²) < 4.78 is 7.58. The van der Waals surface area contributed by atoms with Crippen molar-refractivity contribution in [2.75, 3.05) is 5.75 Å². The highest BCUT2D eigenvalue weighted by atomic mass is 35.5. The van der Waals surface area contributed by atoms with Gasteiger partial charge in [0, 0.05) is 17.3 Å². The lowest BCUT2D eigenvalue weighted by molar-refractivity contribution is 0.169. The maximum absolute atomic E-state index is 9.14. The molecule has 0 N–H and O–H groups in total. The van der Waals surface area contributed by atoms with Crippen LogP contribution in [0, 0.1) is 11.3 Å². The number of nitriles is 1. The molecule has 3 rings (SSSR count). The van der Waals surface area contributed by atoms with Crippen LogP contribution in [0.2, 0.25) is 5.15 Å². The number of nitrogens with zero attached hydrogens (tertiary/aromatic N) is 5. The second-order valence-corrected chi connectivity index (χ2v) is 7.39. The number of fused-ring (bicyclic) bond motifs is 1. The number of hydrogen-bond donors (Lipinski definition) is 0. The Labute approximate surface area is 154 Å². The van der Waals surface area contributed by atoms with E-state index in [1.54, 1.807) is 50.4 Å². The molecule has 0 aliphatic carbocycles. The molecule has 0 aromatic carbocycles.